The number of ether oxygens (including phenoxy) is 1. The molecule has 0 bridgehead atoms. The van der Waals surface area contributed by atoms with Crippen molar-refractivity contribution in [2.45, 2.75) is 20.0 Å². The Bertz CT molecular complexity index is 596. The minimum Gasteiger partial charge on any atom is -0.485 e. The van der Waals surface area contributed by atoms with Gasteiger partial charge in [0.25, 0.3) is 0 Å². The van der Waals surface area contributed by atoms with Crippen molar-refractivity contribution in [3.8, 4) is 5.75 Å². The molecule has 0 fully saturated rings. The molecule has 0 radical (unpaired) electrons. The van der Waals surface area contributed by atoms with Gasteiger partial charge in [-0.2, -0.15) is 0 Å². The lowest BCUT2D eigenvalue weighted by atomic mass is 9.95. The maximum absolute atomic E-state index is 5.81. The third-order valence-electron chi connectivity index (χ3n) is 3.39. The van der Waals surface area contributed by atoms with Crippen molar-refractivity contribution in [3.05, 3.63) is 48.0 Å². The average molecular weight is 210 g/mol. The van der Waals surface area contributed by atoms with Crippen molar-refractivity contribution >= 4 is 16.3 Å². The van der Waals surface area contributed by atoms with E-state index in [0.29, 0.717) is 0 Å². The van der Waals surface area contributed by atoms with Gasteiger partial charge in [0.05, 0.1) is 0 Å². The SMILES string of the molecule is C=C1c2c(cc3ccccc3c2C)OC1C. The maximum Gasteiger partial charge on any atom is 0.128 e. The largest absolute Gasteiger partial charge is 0.485 e. The Morgan fingerprint density at radius 2 is 2.00 bits per heavy atom. The molecule has 0 N–H and O–H groups in total. The van der Waals surface area contributed by atoms with Crippen LogP contribution < -0.4 is 4.74 Å². The predicted octanol–water partition coefficient (Wildman–Crippen LogP) is 3.94. The van der Waals surface area contributed by atoms with E-state index in [0.717, 1.165) is 11.3 Å². The van der Waals surface area contributed by atoms with E-state index in [1.54, 1.807) is 0 Å². The summed E-state index contributed by atoms with van der Waals surface area (Å²) < 4.78 is 5.81. The average Bonchev–Trinajstić information content (AvgIpc) is 2.55. The molecule has 0 spiro atoms. The zero-order valence-corrected chi connectivity index (χ0v) is 9.58. The zero-order chi connectivity index (χ0) is 11.3. The summed E-state index contributed by atoms with van der Waals surface area (Å²) in [5.74, 6) is 0.980. The minimum absolute atomic E-state index is 0.102. The molecule has 2 aromatic carbocycles. The molecule has 3 rings (SSSR count). The van der Waals surface area contributed by atoms with Gasteiger partial charge < -0.3 is 4.74 Å². The van der Waals surface area contributed by atoms with E-state index in [1.807, 2.05) is 6.92 Å². The van der Waals surface area contributed by atoms with Crippen LogP contribution in [0.5, 0.6) is 5.75 Å². The Kier molecular flexibility index (Phi) is 1.84. The first kappa shape index (κ1) is 9.46. The fourth-order valence-corrected chi connectivity index (χ4v) is 2.45. The van der Waals surface area contributed by atoms with E-state index < -0.39 is 0 Å². The number of rotatable bonds is 0. The van der Waals surface area contributed by atoms with Crippen LogP contribution in [-0.2, 0) is 0 Å². The highest BCUT2D eigenvalue weighted by molar-refractivity contribution is 5.94. The van der Waals surface area contributed by atoms with Crippen molar-refractivity contribution in [3.63, 3.8) is 0 Å². The summed E-state index contributed by atoms with van der Waals surface area (Å²) in [5.41, 5.74) is 3.58. The number of benzene rings is 2. The Balaban J connectivity index is 2.41. The van der Waals surface area contributed by atoms with Crippen LogP contribution in [-0.4, -0.2) is 6.10 Å². The third kappa shape index (κ3) is 1.12. The smallest absolute Gasteiger partial charge is 0.128 e. The monoisotopic (exact) mass is 210 g/mol. The molecule has 80 valence electrons. The summed E-state index contributed by atoms with van der Waals surface area (Å²) in [7, 11) is 0. The minimum atomic E-state index is 0.102. The number of aryl methyl sites for hydroxylation is 1. The van der Waals surface area contributed by atoms with Gasteiger partial charge in [-0.15, -0.1) is 0 Å². The molecule has 0 aliphatic carbocycles. The van der Waals surface area contributed by atoms with Crippen molar-refractivity contribution in [2.24, 2.45) is 0 Å². The quantitative estimate of drug-likeness (QED) is 0.640. The maximum atomic E-state index is 5.81. The Labute approximate surface area is 95.4 Å². The molecule has 1 aliphatic rings. The summed E-state index contributed by atoms with van der Waals surface area (Å²) in [6.07, 6.45) is 0.102. The van der Waals surface area contributed by atoms with E-state index in [1.165, 1.54) is 21.9 Å². The van der Waals surface area contributed by atoms with Crippen LogP contribution in [0.4, 0.5) is 0 Å². The molecule has 0 amide bonds. The summed E-state index contributed by atoms with van der Waals surface area (Å²) in [5, 5.41) is 2.53. The molecular formula is C15H14O. The summed E-state index contributed by atoms with van der Waals surface area (Å²) >= 11 is 0. The molecule has 1 aliphatic heterocycles. The first-order valence-electron chi connectivity index (χ1n) is 5.56. The topological polar surface area (TPSA) is 9.23 Å². The van der Waals surface area contributed by atoms with Gasteiger partial charge in [-0.05, 0) is 41.8 Å². The van der Waals surface area contributed by atoms with Crippen LogP contribution in [0.2, 0.25) is 0 Å². The molecule has 1 heterocycles. The van der Waals surface area contributed by atoms with E-state index in [9.17, 15) is 0 Å². The van der Waals surface area contributed by atoms with Crippen molar-refractivity contribution in [1.82, 2.24) is 0 Å². The van der Waals surface area contributed by atoms with E-state index in [4.69, 9.17) is 4.74 Å². The molecule has 0 saturated heterocycles. The first-order chi connectivity index (χ1) is 7.68. The number of hydrogen-bond acceptors (Lipinski definition) is 1. The summed E-state index contributed by atoms with van der Waals surface area (Å²) in [4.78, 5) is 0. The van der Waals surface area contributed by atoms with Gasteiger partial charge in [0.15, 0.2) is 0 Å². The lowest BCUT2D eigenvalue weighted by Crippen LogP contribution is -2.04. The second-order valence-electron chi connectivity index (χ2n) is 4.38. The van der Waals surface area contributed by atoms with E-state index in [2.05, 4.69) is 43.8 Å². The third-order valence-corrected chi connectivity index (χ3v) is 3.39. The highest BCUT2D eigenvalue weighted by atomic mass is 16.5. The van der Waals surface area contributed by atoms with Crippen LogP contribution in [0.25, 0.3) is 16.3 Å². The zero-order valence-electron chi connectivity index (χ0n) is 9.58. The molecule has 16 heavy (non-hydrogen) atoms. The molecule has 1 nitrogen and oxygen atoms in total. The normalized spacial score (nSPS) is 18.6. The Morgan fingerprint density at radius 1 is 1.25 bits per heavy atom. The highest BCUT2D eigenvalue weighted by Crippen LogP contribution is 2.41. The van der Waals surface area contributed by atoms with Crippen molar-refractivity contribution in [2.75, 3.05) is 0 Å². The van der Waals surface area contributed by atoms with Gasteiger partial charge in [-0.1, -0.05) is 30.8 Å². The fraction of sp³-hybridized carbons (Fsp3) is 0.200. The van der Waals surface area contributed by atoms with Gasteiger partial charge in [-0.3, -0.25) is 0 Å². The van der Waals surface area contributed by atoms with Gasteiger partial charge in [0, 0.05) is 5.56 Å². The highest BCUT2D eigenvalue weighted by Gasteiger charge is 2.25. The van der Waals surface area contributed by atoms with Crippen LogP contribution in [0, 0.1) is 6.92 Å². The molecule has 1 atom stereocenters. The van der Waals surface area contributed by atoms with Gasteiger partial charge in [0.2, 0.25) is 0 Å². The van der Waals surface area contributed by atoms with Gasteiger partial charge >= 0.3 is 0 Å². The van der Waals surface area contributed by atoms with Crippen LogP contribution in [0.3, 0.4) is 0 Å². The number of fused-ring (bicyclic) bond motifs is 2. The molecule has 1 heteroatoms. The van der Waals surface area contributed by atoms with Gasteiger partial charge in [0.1, 0.15) is 11.9 Å². The van der Waals surface area contributed by atoms with Crippen molar-refractivity contribution < 1.29 is 4.74 Å². The molecule has 2 aromatic rings. The molecule has 0 saturated carbocycles. The second-order valence-corrected chi connectivity index (χ2v) is 4.38. The molecule has 0 aromatic heterocycles. The fourth-order valence-electron chi connectivity index (χ4n) is 2.45. The standard InChI is InChI=1S/C15H14O/c1-9-11(3)16-14-8-12-6-4-5-7-13(12)10(2)15(9)14/h4-8,11H,1H2,2-3H3. The first-order valence-corrected chi connectivity index (χ1v) is 5.56. The van der Waals surface area contributed by atoms with Crippen LogP contribution >= 0.6 is 0 Å². The second kappa shape index (κ2) is 3.11. The Hall–Kier alpha value is -1.76. The predicted molar refractivity (Wildman–Crippen MR) is 67.8 cm³/mol. The summed E-state index contributed by atoms with van der Waals surface area (Å²) in [6, 6.07) is 10.5. The number of hydrogen-bond donors (Lipinski definition) is 0. The van der Waals surface area contributed by atoms with E-state index in [-0.39, 0.29) is 6.10 Å². The van der Waals surface area contributed by atoms with Crippen LogP contribution in [0.1, 0.15) is 18.1 Å². The molecule has 1 unspecified atom stereocenters. The van der Waals surface area contributed by atoms with Crippen LogP contribution in [0.15, 0.2) is 36.9 Å². The van der Waals surface area contributed by atoms with E-state index >= 15 is 0 Å². The summed E-state index contributed by atoms with van der Waals surface area (Å²) in [6.45, 7) is 8.31. The molecular weight excluding hydrogens is 196 g/mol. The van der Waals surface area contributed by atoms with Crippen molar-refractivity contribution in [1.29, 1.82) is 0 Å². The lowest BCUT2D eigenvalue weighted by molar-refractivity contribution is 0.297. The lowest BCUT2D eigenvalue weighted by Gasteiger charge is -2.07. The Morgan fingerprint density at radius 3 is 2.81 bits per heavy atom. The van der Waals surface area contributed by atoms with Gasteiger partial charge in [-0.25, -0.2) is 0 Å².